The molecule has 0 aliphatic carbocycles. The number of nitrogens with zero attached hydrogens (tertiary/aromatic N) is 1. The van der Waals surface area contributed by atoms with E-state index < -0.39 is 0 Å². The van der Waals surface area contributed by atoms with Crippen LogP contribution in [-0.2, 0) is 0 Å². The van der Waals surface area contributed by atoms with Gasteiger partial charge in [-0.3, -0.25) is 4.99 Å². The van der Waals surface area contributed by atoms with Crippen LogP contribution in [0, 0.1) is 0 Å². The van der Waals surface area contributed by atoms with Crippen molar-refractivity contribution >= 4 is 11.9 Å². The van der Waals surface area contributed by atoms with Gasteiger partial charge in [-0.05, 0) is 24.3 Å². The summed E-state index contributed by atoms with van der Waals surface area (Å²) in [6, 6.07) is 13.7. The molecule has 2 N–H and O–H groups in total. The third-order valence-electron chi connectivity index (χ3n) is 2.16. The summed E-state index contributed by atoms with van der Waals surface area (Å²) < 4.78 is 0. The Morgan fingerprint density at radius 1 is 0.812 bits per heavy atom. The molecule has 80 valence electrons. The van der Waals surface area contributed by atoms with Gasteiger partial charge in [-0.2, -0.15) is 0 Å². The van der Waals surface area contributed by atoms with Crippen LogP contribution in [-0.4, -0.2) is 16.4 Å². The number of para-hydroxylation sites is 3. The number of aliphatic imine (C=N–C) groups is 1. The second kappa shape index (κ2) is 4.49. The van der Waals surface area contributed by atoms with E-state index in [4.69, 9.17) is 0 Å². The fourth-order valence-corrected chi connectivity index (χ4v) is 1.31. The van der Waals surface area contributed by atoms with Crippen molar-refractivity contribution < 1.29 is 10.2 Å². The van der Waals surface area contributed by atoms with Gasteiger partial charge in [0.2, 0.25) is 0 Å². The molecule has 0 unspecified atom stereocenters. The average Bonchev–Trinajstić information content (AvgIpc) is 2.30. The van der Waals surface area contributed by atoms with Gasteiger partial charge in [0.15, 0.2) is 0 Å². The predicted molar refractivity (Wildman–Crippen MR) is 63.5 cm³/mol. The first kappa shape index (κ1) is 10.2. The van der Waals surface area contributed by atoms with Crippen LogP contribution in [0.2, 0.25) is 0 Å². The predicted octanol–water partition coefficient (Wildman–Crippen LogP) is 2.85. The van der Waals surface area contributed by atoms with Crippen molar-refractivity contribution in [3.8, 4) is 11.5 Å². The fourth-order valence-electron chi connectivity index (χ4n) is 1.31. The number of hydrogen-bond acceptors (Lipinski definition) is 3. The summed E-state index contributed by atoms with van der Waals surface area (Å²) >= 11 is 0. The molecular formula is C13H11NO2. The molecule has 0 radical (unpaired) electrons. The normalized spacial score (nSPS) is 10.8. The molecule has 0 fully saturated rings. The van der Waals surface area contributed by atoms with Gasteiger partial charge in [-0.25, -0.2) is 0 Å². The summed E-state index contributed by atoms with van der Waals surface area (Å²) in [6.07, 6.45) is 1.52. The van der Waals surface area contributed by atoms with Crippen LogP contribution in [0.4, 0.5) is 5.69 Å². The van der Waals surface area contributed by atoms with Crippen LogP contribution in [0.15, 0.2) is 53.5 Å². The molecule has 0 spiro atoms. The first-order valence-corrected chi connectivity index (χ1v) is 4.87. The van der Waals surface area contributed by atoms with E-state index in [1.54, 1.807) is 42.5 Å². The van der Waals surface area contributed by atoms with Crippen LogP contribution < -0.4 is 0 Å². The molecule has 0 atom stereocenters. The zero-order chi connectivity index (χ0) is 11.4. The van der Waals surface area contributed by atoms with Crippen molar-refractivity contribution in [1.29, 1.82) is 0 Å². The minimum absolute atomic E-state index is 0.120. The minimum Gasteiger partial charge on any atom is -0.507 e. The van der Waals surface area contributed by atoms with Crippen LogP contribution in [0.5, 0.6) is 11.5 Å². The van der Waals surface area contributed by atoms with Gasteiger partial charge in [0.25, 0.3) is 0 Å². The number of benzene rings is 2. The monoisotopic (exact) mass is 213 g/mol. The lowest BCUT2D eigenvalue weighted by molar-refractivity contribution is 0.474. The Balaban J connectivity index is 2.29. The Kier molecular flexibility index (Phi) is 2.87. The van der Waals surface area contributed by atoms with Crippen LogP contribution in [0.3, 0.4) is 0 Å². The van der Waals surface area contributed by atoms with Crippen LogP contribution in [0.1, 0.15) is 5.56 Å². The van der Waals surface area contributed by atoms with E-state index in [0.29, 0.717) is 11.3 Å². The third kappa shape index (κ3) is 2.20. The summed E-state index contributed by atoms with van der Waals surface area (Å²) in [5.41, 5.74) is 1.09. The Bertz CT molecular complexity index is 473. The maximum absolute atomic E-state index is 9.50. The molecule has 2 aromatic carbocycles. The topological polar surface area (TPSA) is 52.8 Å². The summed E-state index contributed by atoms with van der Waals surface area (Å²) in [4.78, 5) is 4.10. The number of rotatable bonds is 2. The number of aromatic hydroxyl groups is 2. The van der Waals surface area contributed by atoms with Gasteiger partial charge in [0, 0.05) is 11.8 Å². The van der Waals surface area contributed by atoms with Crippen molar-refractivity contribution in [3.05, 3.63) is 54.1 Å². The summed E-state index contributed by atoms with van der Waals surface area (Å²) in [7, 11) is 0. The number of phenols is 2. The van der Waals surface area contributed by atoms with Gasteiger partial charge in [-0.15, -0.1) is 0 Å². The van der Waals surface area contributed by atoms with E-state index in [-0.39, 0.29) is 11.5 Å². The highest BCUT2D eigenvalue weighted by atomic mass is 16.3. The lowest BCUT2D eigenvalue weighted by atomic mass is 10.2. The van der Waals surface area contributed by atoms with Gasteiger partial charge >= 0.3 is 0 Å². The van der Waals surface area contributed by atoms with Gasteiger partial charge in [-0.1, -0.05) is 24.3 Å². The summed E-state index contributed by atoms with van der Waals surface area (Å²) in [5.74, 6) is 0.288. The Hall–Kier alpha value is -2.29. The highest BCUT2D eigenvalue weighted by Crippen LogP contribution is 2.25. The highest BCUT2D eigenvalue weighted by molar-refractivity contribution is 5.85. The molecule has 0 bridgehead atoms. The number of phenolic OH excluding ortho intramolecular Hbond substituents is 2. The first-order valence-electron chi connectivity index (χ1n) is 4.87. The van der Waals surface area contributed by atoms with Crippen molar-refractivity contribution in [1.82, 2.24) is 0 Å². The molecular weight excluding hydrogens is 202 g/mol. The lowest BCUT2D eigenvalue weighted by Gasteiger charge is -1.98. The van der Waals surface area contributed by atoms with Crippen molar-refractivity contribution in [2.24, 2.45) is 4.99 Å². The molecule has 0 amide bonds. The average molecular weight is 213 g/mol. The highest BCUT2D eigenvalue weighted by Gasteiger charge is 1.97. The van der Waals surface area contributed by atoms with E-state index >= 15 is 0 Å². The van der Waals surface area contributed by atoms with Crippen molar-refractivity contribution in [2.45, 2.75) is 0 Å². The molecule has 0 aliphatic rings. The molecule has 2 aromatic rings. The van der Waals surface area contributed by atoms with Gasteiger partial charge in [0.05, 0.1) is 0 Å². The van der Waals surface area contributed by atoms with Gasteiger partial charge < -0.3 is 10.2 Å². The molecule has 16 heavy (non-hydrogen) atoms. The first-order chi connectivity index (χ1) is 7.77. The van der Waals surface area contributed by atoms with E-state index in [1.165, 1.54) is 6.21 Å². The second-order valence-corrected chi connectivity index (χ2v) is 3.31. The molecule has 2 rings (SSSR count). The lowest BCUT2D eigenvalue weighted by Crippen LogP contribution is -1.80. The van der Waals surface area contributed by atoms with Crippen LogP contribution in [0.25, 0.3) is 0 Å². The molecule has 0 saturated carbocycles. The molecule has 0 saturated heterocycles. The van der Waals surface area contributed by atoms with E-state index in [9.17, 15) is 10.2 Å². The molecule has 0 aliphatic heterocycles. The summed E-state index contributed by atoms with van der Waals surface area (Å²) in [5, 5.41) is 19.0. The standard InChI is InChI=1S/C13H11NO2/c15-12-7-3-1-5-10(12)9-14-11-6-2-4-8-13(11)16/h1-9,15-16H/b14-9+. The molecule has 0 heterocycles. The summed E-state index contributed by atoms with van der Waals surface area (Å²) in [6.45, 7) is 0. The van der Waals surface area contributed by atoms with E-state index in [1.807, 2.05) is 6.07 Å². The third-order valence-corrected chi connectivity index (χ3v) is 2.16. The maximum atomic E-state index is 9.50. The quantitative estimate of drug-likeness (QED) is 0.753. The van der Waals surface area contributed by atoms with Crippen molar-refractivity contribution in [3.63, 3.8) is 0 Å². The Morgan fingerprint density at radius 2 is 1.44 bits per heavy atom. The molecule has 3 nitrogen and oxygen atoms in total. The van der Waals surface area contributed by atoms with Crippen molar-refractivity contribution in [2.75, 3.05) is 0 Å². The number of hydrogen-bond donors (Lipinski definition) is 2. The molecule has 0 aromatic heterocycles. The fraction of sp³-hybridized carbons (Fsp3) is 0. The maximum Gasteiger partial charge on any atom is 0.141 e. The van der Waals surface area contributed by atoms with E-state index in [0.717, 1.165) is 0 Å². The minimum atomic E-state index is 0.120. The Morgan fingerprint density at radius 3 is 2.12 bits per heavy atom. The van der Waals surface area contributed by atoms with E-state index in [2.05, 4.69) is 4.99 Å². The largest absolute Gasteiger partial charge is 0.507 e. The van der Waals surface area contributed by atoms with Crippen LogP contribution >= 0.6 is 0 Å². The second-order valence-electron chi connectivity index (χ2n) is 3.31. The van der Waals surface area contributed by atoms with Gasteiger partial charge in [0.1, 0.15) is 17.2 Å². The zero-order valence-electron chi connectivity index (χ0n) is 8.54. The SMILES string of the molecule is Oc1ccccc1/C=N/c1ccccc1O. The Labute approximate surface area is 93.3 Å². The zero-order valence-corrected chi connectivity index (χ0v) is 8.54. The molecule has 3 heteroatoms. The smallest absolute Gasteiger partial charge is 0.141 e.